The first-order chi connectivity index (χ1) is 67.9. The molecule has 0 saturated heterocycles. The van der Waals surface area contributed by atoms with Crippen LogP contribution in [0.25, 0.3) is 0 Å². The molecule has 0 fully saturated rings. The van der Waals surface area contributed by atoms with Gasteiger partial charge in [0.05, 0.1) is 142 Å². The van der Waals surface area contributed by atoms with Crippen LogP contribution in [0.15, 0.2) is 140 Å². The lowest BCUT2D eigenvalue weighted by atomic mass is 10.2. The van der Waals surface area contributed by atoms with Gasteiger partial charge in [-0.2, -0.15) is 19.3 Å². The van der Waals surface area contributed by atoms with E-state index in [1.54, 1.807) is 150 Å². The molecule has 9 rings (SSSR count). The van der Waals surface area contributed by atoms with Crippen molar-refractivity contribution in [3.63, 3.8) is 0 Å². The number of carbonyl (C=O) groups excluding carboxylic acids is 3. The second-order valence-corrected chi connectivity index (χ2v) is 42.9. The van der Waals surface area contributed by atoms with Gasteiger partial charge in [-0.05, 0) is 138 Å². The van der Waals surface area contributed by atoms with Crippen LogP contribution in [0.1, 0.15) is 13.8 Å². The number of nitrogens with one attached hydrogen (secondary N) is 8. The van der Waals surface area contributed by atoms with E-state index < -0.39 is 48.7 Å². The second kappa shape index (κ2) is 69.2. The molecular weight excluding hydrogens is 2060 g/mol. The van der Waals surface area contributed by atoms with Gasteiger partial charge in [-0.3, -0.25) is 39.5 Å². The fraction of sp³-hybridized carbons (Fsp3) is 0.430. The van der Waals surface area contributed by atoms with Crippen molar-refractivity contribution in [3.8, 4) is 28.7 Å². The molecule has 9 N–H and O–H groups in total. The number of amides is 1. The number of likely N-dealkylation sites (N-methyl/N-ethyl adjacent to an activating group) is 5. The SMILES string of the molecule is C=CC(=O)Nc1cc(Nc2ncc(Cl)c(Nc3ccccc3P(C)(C)=O)n2)c(OC)cc1OCCN(C)CCOC.CCOC(=O)CBr.CNCCOC.COCCN(C)CC(C)=O.COCCN(C)CCO.COCCN(C)CCOc1cc(OC)c(Nc2ncc(Cl)c(Nc3ccccc3P(C)(C)=O)n2)cc1[N+](=O)[O-].COc1cc(F)c([N+](=O)[O-])cc1Nc1ncc(Cl)c(Nc2ccccc2P(C)(C)=O)n1.[B]. The van der Waals surface area contributed by atoms with Gasteiger partial charge in [-0.25, -0.2) is 15.0 Å². The standard InChI is InChI=1S/C28H36ClN6O5P.C25H32ClN6O6P.C19H18ClFN5O4P.C7H15NO2.C6H15NO2.C4H7BrO2.C4H11NO.B/c1-7-26(36)31-22-16-21(23(39-4)17-24(22)40-15-13-35(2)12-14-38-3)33-28-30-18-19(29)27(34-28)32-20-10-8-9-11-25(20)41(5,6)37;1-31(10-12-36-2)11-13-38-22-15-21(37-3)19(14-20(22)32(33)34)29-25-27-16-17(26)24(30-25)28-18-8-6-7-9-23(18)39(4,5)35;1-30-16-8-12(21)15(26(27)28)9-14(16)24-19-22-10-11(20)18(25-19)23-13-6-4-5-7-17(13)31(2,3)29;1-7(9)6-8(2)4-5-10-3;1-7(3-5-8)4-6-9-2;1-2-7-4(6)3-5;1-5-3-4-6-2;/h7-11,16-18H,1,12-15H2,2-6H3,(H,31,36)(H2,30,32,33,34);6-9,14-16H,10-13H2,1-5H3,(H2,27,28,29,30);4-10H,1-3H3,(H2,22,23,24,25);4-6H2,1-3H3;8H,3-6H2,1-2H3;2-3H2,1H3;5H,3-4H2,1-2H3;. The van der Waals surface area contributed by atoms with Crippen LogP contribution in [0.4, 0.5) is 90.9 Å². The first-order valence-electron chi connectivity index (χ1n) is 44.0. The number of Topliss-reactive ketones (excluding diaryl/α,β-unsaturated/α-hetero) is 1. The highest BCUT2D eigenvalue weighted by atomic mass is 79.9. The molecule has 0 saturated carbocycles. The summed E-state index contributed by atoms with van der Waals surface area (Å²) in [5, 5.41) is 58.2. The Kier molecular flexibility index (Phi) is 62.1. The number of rotatable bonds is 51. The number of ether oxygens (including phenoxy) is 11. The van der Waals surface area contributed by atoms with E-state index in [1.807, 2.05) is 74.2 Å². The number of carbonyl (C=O) groups is 3. The Labute approximate surface area is 866 Å². The van der Waals surface area contributed by atoms with Crippen molar-refractivity contribution in [1.82, 2.24) is 54.8 Å². The molecule has 0 aliphatic rings. The summed E-state index contributed by atoms with van der Waals surface area (Å²) in [4.78, 5) is 88.1. The number of esters is 1. The predicted molar refractivity (Wildman–Crippen MR) is 577 cm³/mol. The summed E-state index contributed by atoms with van der Waals surface area (Å²) in [6.45, 7) is 28.2. The maximum Gasteiger partial charge on any atom is 0.316 e. The van der Waals surface area contributed by atoms with Crippen molar-refractivity contribution in [3.05, 3.63) is 182 Å². The van der Waals surface area contributed by atoms with Gasteiger partial charge in [0, 0.05) is 143 Å². The number of nitro benzene ring substituents is 2. The third-order valence-corrected chi connectivity index (χ3v) is 24.9. The quantitative estimate of drug-likeness (QED) is 0.00250. The molecule has 6 aromatic carbocycles. The Hall–Kier alpha value is -10.9. The maximum absolute atomic E-state index is 13.9. The lowest BCUT2D eigenvalue weighted by Gasteiger charge is -2.20. The average molecular weight is 2190 g/mol. The van der Waals surface area contributed by atoms with E-state index in [0.29, 0.717) is 132 Å². The number of hydrogen-bond acceptors (Lipinski definition) is 39. The number of ketones is 1. The summed E-state index contributed by atoms with van der Waals surface area (Å²) < 4.78 is 109. The molecule has 0 atom stereocenters. The molecule has 51 heteroatoms. The van der Waals surface area contributed by atoms with Crippen LogP contribution in [0.3, 0.4) is 0 Å². The number of nitro groups is 2. The van der Waals surface area contributed by atoms with E-state index in [0.717, 1.165) is 58.1 Å². The number of aliphatic hydroxyl groups excluding tert-OH is 1. The first-order valence-corrected chi connectivity index (χ1v) is 54.0. The van der Waals surface area contributed by atoms with Crippen LogP contribution in [-0.4, -0.2) is 346 Å². The van der Waals surface area contributed by atoms with E-state index in [4.69, 9.17) is 87.3 Å². The smallest absolute Gasteiger partial charge is 0.316 e. The van der Waals surface area contributed by atoms with Gasteiger partial charge in [0.15, 0.2) is 17.5 Å². The summed E-state index contributed by atoms with van der Waals surface area (Å²) in [6.07, 6.45) is 5.33. The number of aromatic nitrogens is 6. The fourth-order valence-electron chi connectivity index (χ4n) is 11.7. The zero-order chi connectivity index (χ0) is 107. The Bertz CT molecular complexity index is 5640. The van der Waals surface area contributed by atoms with Gasteiger partial charge in [0.1, 0.15) is 83.8 Å². The number of para-hydroxylation sites is 3. The number of aliphatic hydroxyl groups is 1. The second-order valence-electron chi connectivity index (χ2n) is 31.6. The number of halogens is 5. The minimum atomic E-state index is -2.59. The molecule has 144 heavy (non-hydrogen) atoms. The van der Waals surface area contributed by atoms with Crippen molar-refractivity contribution < 1.29 is 99.5 Å². The third kappa shape index (κ3) is 48.4. The molecule has 0 bridgehead atoms. The molecule has 0 aliphatic heterocycles. The van der Waals surface area contributed by atoms with E-state index in [2.05, 4.69) is 105 Å². The highest BCUT2D eigenvalue weighted by molar-refractivity contribution is 9.09. The fourth-order valence-corrected chi connectivity index (χ4v) is 15.7. The lowest BCUT2D eigenvalue weighted by Crippen LogP contribution is -2.27. The molecule has 0 aliphatic carbocycles. The van der Waals surface area contributed by atoms with E-state index >= 15 is 0 Å². The van der Waals surface area contributed by atoms with Crippen molar-refractivity contribution in [2.75, 3.05) is 293 Å². The van der Waals surface area contributed by atoms with Crippen LogP contribution < -0.4 is 82.1 Å². The first kappa shape index (κ1) is 129. The van der Waals surface area contributed by atoms with Crippen LogP contribution in [0, 0.1) is 26.0 Å². The number of alkyl halides is 1. The zero-order valence-electron chi connectivity index (χ0n) is 85.0. The zero-order valence-corrected chi connectivity index (χ0v) is 91.6. The molecule has 9 aromatic rings. The third-order valence-electron chi connectivity index (χ3n) is 19.0. The molecule has 3 aromatic heterocycles. The number of anilines is 13. The van der Waals surface area contributed by atoms with Crippen molar-refractivity contribution >= 4 is 201 Å². The van der Waals surface area contributed by atoms with Gasteiger partial charge in [-0.15, -0.1) is 0 Å². The van der Waals surface area contributed by atoms with Crippen molar-refractivity contribution in [2.45, 2.75) is 13.8 Å². The molecule has 1 amide bonds. The minimum Gasteiger partial charge on any atom is -0.494 e. The molecule has 0 unspecified atom stereocenters. The highest BCUT2D eigenvalue weighted by Gasteiger charge is 2.27. The van der Waals surface area contributed by atoms with Crippen molar-refractivity contribution in [1.29, 1.82) is 0 Å². The summed E-state index contributed by atoms with van der Waals surface area (Å²) in [7, 11) is 14.4. The lowest BCUT2D eigenvalue weighted by molar-refractivity contribution is -0.387. The van der Waals surface area contributed by atoms with E-state index in [9.17, 15) is 52.7 Å². The molecule has 0 spiro atoms. The van der Waals surface area contributed by atoms with Gasteiger partial charge >= 0.3 is 17.3 Å². The van der Waals surface area contributed by atoms with Gasteiger partial charge < -0.3 is 128 Å². The summed E-state index contributed by atoms with van der Waals surface area (Å²) in [5.74, 6) is 0.936. The Morgan fingerprint density at radius 3 is 1.15 bits per heavy atom. The Morgan fingerprint density at radius 2 is 0.826 bits per heavy atom. The molecule has 3 radical (unpaired) electrons. The average Bonchev–Trinajstić information content (AvgIpc) is 0.811. The number of methoxy groups -OCH3 is 8. The van der Waals surface area contributed by atoms with Crippen LogP contribution >= 0.6 is 72.2 Å². The number of hydrogen-bond donors (Lipinski definition) is 9. The Morgan fingerprint density at radius 1 is 0.486 bits per heavy atom. The highest BCUT2D eigenvalue weighted by Crippen LogP contribution is 2.45. The number of benzene rings is 6. The number of nitrogens with zero attached hydrogens (tertiary/aromatic N) is 12. The monoisotopic (exact) mass is 2190 g/mol. The molecule has 791 valence electrons. The summed E-state index contributed by atoms with van der Waals surface area (Å²) >= 11 is 21.9. The van der Waals surface area contributed by atoms with Crippen LogP contribution in [0.2, 0.25) is 15.1 Å². The molecule has 42 nitrogen and oxygen atoms in total. The Balaban J connectivity index is 0.000000631. The van der Waals surface area contributed by atoms with Crippen LogP contribution in [0.5, 0.6) is 28.7 Å². The normalized spacial score (nSPS) is 10.8. The minimum absolute atomic E-state index is 0. The predicted octanol–water partition coefficient (Wildman–Crippen LogP) is 14.7. The van der Waals surface area contributed by atoms with E-state index in [-0.39, 0.29) is 106 Å². The molecule has 3 heterocycles. The van der Waals surface area contributed by atoms with Gasteiger partial charge in [-0.1, -0.05) is 93.7 Å². The largest absolute Gasteiger partial charge is 0.494 e. The summed E-state index contributed by atoms with van der Waals surface area (Å²) in [6, 6.07) is 29.5. The molecular formula is C93H134BBrCl3FN20O22P3. The van der Waals surface area contributed by atoms with Gasteiger partial charge in [0.25, 0.3) is 0 Å². The van der Waals surface area contributed by atoms with E-state index in [1.165, 1.54) is 58.1 Å². The summed E-state index contributed by atoms with van der Waals surface area (Å²) in [5.41, 5.74) is 2.04. The topological polar surface area (TPSA) is 497 Å². The van der Waals surface area contributed by atoms with Crippen molar-refractivity contribution in [2.24, 2.45) is 0 Å². The van der Waals surface area contributed by atoms with Crippen LogP contribution in [-0.2, 0) is 56.5 Å². The maximum atomic E-state index is 13.9. The van der Waals surface area contributed by atoms with Gasteiger partial charge in [0.2, 0.25) is 35.3 Å².